The van der Waals surface area contributed by atoms with Crippen LogP contribution in [0.25, 0.3) is 5.69 Å². The molecule has 2 aromatic carbocycles. The number of hydrogen-bond donors (Lipinski definition) is 1. The van der Waals surface area contributed by atoms with Gasteiger partial charge in [-0.15, -0.1) is 0 Å². The molecule has 1 N–H and O–H groups in total. The number of ether oxygens (including phenoxy) is 1. The van der Waals surface area contributed by atoms with Gasteiger partial charge in [0.1, 0.15) is 23.8 Å². The van der Waals surface area contributed by atoms with Crippen LogP contribution in [0.1, 0.15) is 12.5 Å². The van der Waals surface area contributed by atoms with Crippen LogP contribution in [0.15, 0.2) is 59.8 Å². The first kappa shape index (κ1) is 24.5. The first-order valence-electron chi connectivity index (χ1n) is 11.3. The van der Waals surface area contributed by atoms with Gasteiger partial charge in [0.25, 0.3) is 0 Å². The van der Waals surface area contributed by atoms with E-state index >= 15 is 0 Å². The second kappa shape index (κ2) is 9.69. The predicted molar refractivity (Wildman–Crippen MR) is 125 cm³/mol. The fourth-order valence-corrected chi connectivity index (χ4v) is 3.96. The lowest BCUT2D eigenvalue weighted by Gasteiger charge is -2.41. The summed E-state index contributed by atoms with van der Waals surface area (Å²) < 4.78 is 64.4. The monoisotopic (exact) mass is 515 g/mol. The lowest BCUT2D eigenvalue weighted by Crippen LogP contribution is -2.51. The summed E-state index contributed by atoms with van der Waals surface area (Å²) in [4.78, 5) is 18.6. The molecule has 8 nitrogen and oxygen atoms in total. The summed E-state index contributed by atoms with van der Waals surface area (Å²) in [5.74, 6) is -3.35. The SMILES string of the molecule is C[C@H](O)C1CN(c2cc(Oc3ccc(-n4ncn(Cc5c(F)cccc5F)c4=O)cc3F)c(F)cn2)C1. The standard InChI is InChI=1S/C25H21F4N5O3/c1-14(35)15-10-32(11-15)24-8-23(21(29)9-30-24)37-22-6-5-16(7-20(22)28)34-25(36)33(13-31-34)12-17-18(26)3-2-4-19(17)27/h2-9,13-15,35H,10-12H2,1H3/t14-/m0/s1. The van der Waals surface area contributed by atoms with Crippen molar-refractivity contribution in [2.75, 3.05) is 18.0 Å². The molecule has 1 fully saturated rings. The molecule has 5 rings (SSSR count). The van der Waals surface area contributed by atoms with Crippen LogP contribution in [0.3, 0.4) is 0 Å². The van der Waals surface area contributed by atoms with Gasteiger partial charge in [-0.1, -0.05) is 6.07 Å². The number of aliphatic hydroxyl groups is 1. The molecule has 0 unspecified atom stereocenters. The van der Waals surface area contributed by atoms with Gasteiger partial charge in [-0.3, -0.25) is 4.57 Å². The van der Waals surface area contributed by atoms with Gasteiger partial charge < -0.3 is 14.7 Å². The van der Waals surface area contributed by atoms with E-state index in [4.69, 9.17) is 4.74 Å². The Balaban J connectivity index is 1.35. The van der Waals surface area contributed by atoms with Crippen molar-refractivity contribution in [1.82, 2.24) is 19.3 Å². The second-order valence-electron chi connectivity index (χ2n) is 8.75. The topological polar surface area (TPSA) is 85.4 Å². The summed E-state index contributed by atoms with van der Waals surface area (Å²) in [6.45, 7) is 2.38. The maximum atomic E-state index is 14.9. The summed E-state index contributed by atoms with van der Waals surface area (Å²) in [6.07, 6.45) is 1.58. The molecule has 0 saturated carbocycles. The van der Waals surface area contributed by atoms with Gasteiger partial charge in [-0.2, -0.15) is 9.78 Å². The largest absolute Gasteiger partial charge is 0.451 e. The normalized spacial score (nSPS) is 14.5. The number of pyridine rings is 1. The Morgan fingerprint density at radius 2 is 1.76 bits per heavy atom. The van der Waals surface area contributed by atoms with Gasteiger partial charge in [0.05, 0.1) is 24.5 Å². The fourth-order valence-electron chi connectivity index (χ4n) is 3.96. The average molecular weight is 515 g/mol. The van der Waals surface area contributed by atoms with Gasteiger partial charge >= 0.3 is 5.69 Å². The van der Waals surface area contributed by atoms with E-state index in [0.717, 1.165) is 40.0 Å². The molecule has 37 heavy (non-hydrogen) atoms. The van der Waals surface area contributed by atoms with Crippen LogP contribution in [0, 0.1) is 29.2 Å². The van der Waals surface area contributed by atoms with E-state index in [1.807, 2.05) is 4.90 Å². The third-order valence-corrected chi connectivity index (χ3v) is 6.23. The molecule has 0 bridgehead atoms. The summed E-state index contributed by atoms with van der Waals surface area (Å²) in [5, 5.41) is 13.5. The van der Waals surface area contributed by atoms with Crippen molar-refractivity contribution in [3.05, 3.63) is 94.3 Å². The van der Waals surface area contributed by atoms with Gasteiger partial charge in [-0.25, -0.2) is 27.3 Å². The highest BCUT2D eigenvalue weighted by Crippen LogP contribution is 2.32. The molecule has 12 heteroatoms. The highest BCUT2D eigenvalue weighted by Gasteiger charge is 2.31. The number of benzene rings is 2. The molecular weight excluding hydrogens is 494 g/mol. The minimum atomic E-state index is -0.894. The van der Waals surface area contributed by atoms with E-state index in [1.54, 1.807) is 6.92 Å². The first-order valence-corrected chi connectivity index (χ1v) is 11.3. The van der Waals surface area contributed by atoms with E-state index in [2.05, 4.69) is 10.1 Å². The maximum absolute atomic E-state index is 14.9. The maximum Gasteiger partial charge on any atom is 0.350 e. The molecule has 0 aliphatic carbocycles. The minimum Gasteiger partial charge on any atom is -0.451 e. The van der Waals surface area contributed by atoms with Crippen LogP contribution in [-0.2, 0) is 6.54 Å². The average Bonchev–Trinajstić information content (AvgIpc) is 3.18. The third kappa shape index (κ3) is 4.79. The summed E-state index contributed by atoms with van der Waals surface area (Å²) in [5.41, 5.74) is -1.02. The molecule has 1 atom stereocenters. The highest BCUT2D eigenvalue weighted by atomic mass is 19.1. The number of nitrogens with zero attached hydrogens (tertiary/aromatic N) is 5. The van der Waals surface area contributed by atoms with Gasteiger partial charge in [0.2, 0.25) is 0 Å². The van der Waals surface area contributed by atoms with Gasteiger partial charge in [0.15, 0.2) is 23.1 Å². The lowest BCUT2D eigenvalue weighted by atomic mass is 9.95. The second-order valence-corrected chi connectivity index (χ2v) is 8.75. The molecule has 2 aromatic heterocycles. The summed E-state index contributed by atoms with van der Waals surface area (Å²) in [6, 6.07) is 8.22. The molecule has 1 aliphatic heterocycles. The Morgan fingerprint density at radius 3 is 2.43 bits per heavy atom. The van der Waals surface area contributed by atoms with E-state index in [9.17, 15) is 27.5 Å². The zero-order valence-electron chi connectivity index (χ0n) is 19.5. The smallest absolute Gasteiger partial charge is 0.350 e. The van der Waals surface area contributed by atoms with Crippen molar-refractivity contribution < 1.29 is 27.4 Å². The van der Waals surface area contributed by atoms with Crippen LogP contribution in [0.5, 0.6) is 11.5 Å². The van der Waals surface area contributed by atoms with Crippen molar-refractivity contribution in [2.24, 2.45) is 5.92 Å². The van der Waals surface area contributed by atoms with E-state index in [1.165, 1.54) is 24.3 Å². The molecular formula is C25H21F4N5O3. The van der Waals surface area contributed by atoms with Crippen molar-refractivity contribution in [2.45, 2.75) is 19.6 Å². The number of rotatable bonds is 7. The Morgan fingerprint density at radius 1 is 1.03 bits per heavy atom. The molecule has 1 aliphatic rings. The van der Waals surface area contributed by atoms with Crippen LogP contribution >= 0.6 is 0 Å². The van der Waals surface area contributed by atoms with E-state index in [0.29, 0.717) is 18.9 Å². The molecule has 0 amide bonds. The molecule has 0 spiro atoms. The molecule has 1 saturated heterocycles. The molecule has 3 heterocycles. The van der Waals surface area contributed by atoms with E-state index in [-0.39, 0.29) is 28.7 Å². The number of aromatic nitrogens is 4. The van der Waals surface area contributed by atoms with Gasteiger partial charge in [0, 0.05) is 36.7 Å². The van der Waals surface area contributed by atoms with Crippen molar-refractivity contribution in [3.8, 4) is 17.2 Å². The van der Waals surface area contributed by atoms with Gasteiger partial charge in [-0.05, 0) is 31.2 Å². The molecule has 0 radical (unpaired) electrons. The fraction of sp³-hybridized carbons (Fsp3) is 0.240. The van der Waals surface area contributed by atoms with Crippen LogP contribution in [-0.4, -0.2) is 43.6 Å². The predicted octanol–water partition coefficient (Wildman–Crippen LogP) is 3.64. The third-order valence-electron chi connectivity index (χ3n) is 6.23. The lowest BCUT2D eigenvalue weighted by molar-refractivity contribution is 0.107. The number of hydrogen-bond acceptors (Lipinski definition) is 6. The van der Waals surface area contributed by atoms with E-state index < -0.39 is 41.6 Å². The number of halogens is 4. The number of aliphatic hydroxyl groups excluding tert-OH is 1. The molecule has 192 valence electrons. The summed E-state index contributed by atoms with van der Waals surface area (Å²) >= 11 is 0. The summed E-state index contributed by atoms with van der Waals surface area (Å²) in [7, 11) is 0. The van der Waals surface area contributed by atoms with Crippen molar-refractivity contribution >= 4 is 5.82 Å². The first-order chi connectivity index (χ1) is 17.7. The zero-order valence-corrected chi connectivity index (χ0v) is 19.5. The van der Waals surface area contributed by atoms with Crippen LogP contribution < -0.4 is 15.3 Å². The van der Waals surface area contributed by atoms with Crippen molar-refractivity contribution in [1.29, 1.82) is 0 Å². The Hall–Kier alpha value is -4.19. The molecule has 4 aromatic rings. The highest BCUT2D eigenvalue weighted by molar-refractivity contribution is 5.48. The van der Waals surface area contributed by atoms with Crippen LogP contribution in [0.4, 0.5) is 23.4 Å². The van der Waals surface area contributed by atoms with Crippen LogP contribution in [0.2, 0.25) is 0 Å². The zero-order chi connectivity index (χ0) is 26.3. The quantitative estimate of drug-likeness (QED) is 0.379. The Bertz CT molecular complexity index is 1490. The Kier molecular flexibility index (Phi) is 6.42. The number of anilines is 1. The minimum absolute atomic E-state index is 0.0308. The Labute approximate surface area is 208 Å². The van der Waals surface area contributed by atoms with Crippen molar-refractivity contribution in [3.63, 3.8) is 0 Å².